The van der Waals surface area contributed by atoms with E-state index in [0.717, 1.165) is 14.6 Å². The van der Waals surface area contributed by atoms with Crippen LogP contribution in [0.4, 0.5) is 0 Å². The number of hydrogen-bond acceptors (Lipinski definition) is 1. The van der Waals surface area contributed by atoms with Crippen LogP contribution >= 0.6 is 31.9 Å². The molecule has 0 fully saturated rings. The Hall–Kier alpha value is -1.07. The molecule has 16 heavy (non-hydrogen) atoms. The van der Waals surface area contributed by atoms with Gasteiger partial charge in [0.05, 0.1) is 5.69 Å². The van der Waals surface area contributed by atoms with Gasteiger partial charge in [-0.3, -0.25) is 0 Å². The Bertz CT molecular complexity index is 549. The largest absolute Gasteiger partial charge is 0.477 e. The van der Waals surface area contributed by atoms with Crippen molar-refractivity contribution in [2.75, 3.05) is 0 Å². The lowest BCUT2D eigenvalue weighted by Crippen LogP contribution is -2.06. The van der Waals surface area contributed by atoms with Gasteiger partial charge in [-0.2, -0.15) is 0 Å². The van der Waals surface area contributed by atoms with E-state index < -0.39 is 5.97 Å². The summed E-state index contributed by atoms with van der Waals surface area (Å²) in [7, 11) is 0. The second kappa shape index (κ2) is 4.43. The highest BCUT2D eigenvalue weighted by Gasteiger charge is 2.12. The molecule has 82 valence electrons. The summed E-state index contributed by atoms with van der Waals surface area (Å²) in [5.74, 6) is -0.947. The summed E-state index contributed by atoms with van der Waals surface area (Å²) in [6, 6.07) is 8.88. The predicted molar refractivity (Wildman–Crippen MR) is 68.1 cm³/mol. The quantitative estimate of drug-likeness (QED) is 0.902. The number of carboxylic acids is 1. The topological polar surface area (TPSA) is 42.2 Å². The van der Waals surface area contributed by atoms with E-state index in [1.54, 1.807) is 22.9 Å². The molecule has 0 aliphatic heterocycles. The molecule has 0 bridgehead atoms. The predicted octanol–water partition coefficient (Wildman–Crippen LogP) is 3.70. The number of carboxylic acid groups (broad SMARTS) is 1. The maximum Gasteiger partial charge on any atom is 0.352 e. The van der Waals surface area contributed by atoms with Gasteiger partial charge in [0, 0.05) is 15.1 Å². The Morgan fingerprint density at radius 3 is 2.69 bits per heavy atom. The molecule has 0 aliphatic carbocycles. The molecule has 5 heteroatoms. The molecule has 0 saturated heterocycles. The third-order valence-electron chi connectivity index (χ3n) is 2.14. The number of halogens is 2. The van der Waals surface area contributed by atoms with Crippen LogP contribution in [-0.2, 0) is 0 Å². The monoisotopic (exact) mass is 343 g/mol. The molecule has 0 aliphatic rings. The summed E-state index contributed by atoms with van der Waals surface area (Å²) in [6.45, 7) is 0. The lowest BCUT2D eigenvalue weighted by atomic mass is 10.3. The zero-order valence-electron chi connectivity index (χ0n) is 8.02. The van der Waals surface area contributed by atoms with Crippen molar-refractivity contribution in [2.24, 2.45) is 0 Å². The number of hydrogen-bond donors (Lipinski definition) is 1. The number of aromatic nitrogens is 1. The van der Waals surface area contributed by atoms with Crippen LogP contribution in [0.3, 0.4) is 0 Å². The zero-order chi connectivity index (χ0) is 11.7. The lowest BCUT2D eigenvalue weighted by Gasteiger charge is -2.09. The Morgan fingerprint density at radius 1 is 1.25 bits per heavy atom. The second-order valence-electron chi connectivity index (χ2n) is 3.16. The molecule has 1 N–H and O–H groups in total. The molecule has 1 aromatic heterocycles. The molecule has 1 heterocycles. The molecule has 0 radical (unpaired) electrons. The first-order chi connectivity index (χ1) is 7.59. The first-order valence-corrected chi connectivity index (χ1v) is 6.04. The van der Waals surface area contributed by atoms with Crippen molar-refractivity contribution in [1.82, 2.24) is 4.57 Å². The molecular weight excluding hydrogens is 338 g/mol. The number of aromatic carboxylic acids is 1. The first-order valence-electron chi connectivity index (χ1n) is 4.45. The molecule has 0 atom stereocenters. The van der Waals surface area contributed by atoms with Crippen molar-refractivity contribution < 1.29 is 9.90 Å². The maximum atomic E-state index is 11.0. The van der Waals surface area contributed by atoms with E-state index in [1.807, 2.05) is 18.2 Å². The highest BCUT2D eigenvalue weighted by atomic mass is 79.9. The fourth-order valence-corrected chi connectivity index (χ4v) is 2.22. The van der Waals surface area contributed by atoms with Crippen LogP contribution < -0.4 is 0 Å². The third kappa shape index (κ3) is 2.05. The molecule has 0 spiro atoms. The van der Waals surface area contributed by atoms with Gasteiger partial charge < -0.3 is 9.67 Å². The summed E-state index contributed by atoms with van der Waals surface area (Å²) in [4.78, 5) is 11.0. The summed E-state index contributed by atoms with van der Waals surface area (Å²) >= 11 is 6.76. The van der Waals surface area contributed by atoms with E-state index in [2.05, 4.69) is 31.9 Å². The second-order valence-corrected chi connectivity index (χ2v) is 4.93. The molecule has 0 saturated carbocycles. The average molecular weight is 345 g/mol. The number of carbonyl (C=O) groups is 1. The Labute approximate surface area is 109 Å². The van der Waals surface area contributed by atoms with Gasteiger partial charge in [0.2, 0.25) is 0 Å². The number of rotatable bonds is 2. The van der Waals surface area contributed by atoms with Gasteiger partial charge in [-0.05, 0) is 46.3 Å². The number of benzene rings is 1. The van der Waals surface area contributed by atoms with Crippen molar-refractivity contribution in [3.8, 4) is 5.69 Å². The van der Waals surface area contributed by atoms with Crippen molar-refractivity contribution in [3.05, 3.63) is 51.2 Å². The van der Waals surface area contributed by atoms with Gasteiger partial charge in [0.25, 0.3) is 0 Å². The fraction of sp³-hybridized carbons (Fsp3) is 0. The van der Waals surface area contributed by atoms with Crippen molar-refractivity contribution >= 4 is 37.8 Å². The van der Waals surface area contributed by atoms with Crippen LogP contribution in [0.25, 0.3) is 5.69 Å². The summed E-state index contributed by atoms with van der Waals surface area (Å²) in [6.07, 6.45) is 1.72. The SMILES string of the molecule is O=C(O)c1cccn1-c1cc(Br)ccc1Br. The summed E-state index contributed by atoms with van der Waals surface area (Å²) in [5, 5.41) is 9.03. The van der Waals surface area contributed by atoms with E-state index in [-0.39, 0.29) is 5.69 Å². The highest BCUT2D eigenvalue weighted by molar-refractivity contribution is 9.11. The molecular formula is C11H7Br2NO2. The van der Waals surface area contributed by atoms with Crippen LogP contribution in [0.2, 0.25) is 0 Å². The van der Waals surface area contributed by atoms with Gasteiger partial charge in [-0.1, -0.05) is 15.9 Å². The minimum absolute atomic E-state index is 0.235. The van der Waals surface area contributed by atoms with Gasteiger partial charge in [-0.15, -0.1) is 0 Å². The standard InChI is InChI=1S/C11H7Br2NO2/c12-7-3-4-8(13)10(6-7)14-5-1-2-9(14)11(15)16/h1-6H,(H,15,16). The molecule has 3 nitrogen and oxygen atoms in total. The Kier molecular flexibility index (Phi) is 3.16. The van der Waals surface area contributed by atoms with Gasteiger partial charge >= 0.3 is 5.97 Å². The zero-order valence-corrected chi connectivity index (χ0v) is 11.2. The van der Waals surface area contributed by atoms with E-state index in [0.29, 0.717) is 0 Å². The maximum absolute atomic E-state index is 11.0. The van der Waals surface area contributed by atoms with Crippen LogP contribution in [-0.4, -0.2) is 15.6 Å². The average Bonchev–Trinajstić information content (AvgIpc) is 2.70. The van der Waals surface area contributed by atoms with E-state index in [4.69, 9.17) is 5.11 Å². The van der Waals surface area contributed by atoms with Gasteiger partial charge in [0.1, 0.15) is 5.69 Å². The molecule has 0 unspecified atom stereocenters. The van der Waals surface area contributed by atoms with Crippen LogP contribution in [0.15, 0.2) is 45.5 Å². The van der Waals surface area contributed by atoms with Gasteiger partial charge in [-0.25, -0.2) is 4.79 Å². The third-order valence-corrected chi connectivity index (χ3v) is 3.30. The van der Waals surface area contributed by atoms with Crippen molar-refractivity contribution in [3.63, 3.8) is 0 Å². The fourth-order valence-electron chi connectivity index (χ4n) is 1.44. The highest BCUT2D eigenvalue weighted by Crippen LogP contribution is 2.26. The van der Waals surface area contributed by atoms with Crippen LogP contribution in [0, 0.1) is 0 Å². The Balaban J connectivity index is 2.62. The first kappa shape index (κ1) is 11.4. The molecule has 2 aromatic rings. The molecule has 2 rings (SSSR count). The lowest BCUT2D eigenvalue weighted by molar-refractivity contribution is 0.0688. The number of nitrogens with zero attached hydrogens (tertiary/aromatic N) is 1. The van der Waals surface area contributed by atoms with Crippen molar-refractivity contribution in [2.45, 2.75) is 0 Å². The Morgan fingerprint density at radius 2 is 2.00 bits per heavy atom. The minimum Gasteiger partial charge on any atom is -0.477 e. The van der Waals surface area contributed by atoms with Crippen LogP contribution in [0.1, 0.15) is 10.5 Å². The molecule has 1 aromatic carbocycles. The van der Waals surface area contributed by atoms with Crippen molar-refractivity contribution in [1.29, 1.82) is 0 Å². The molecule has 0 amide bonds. The summed E-state index contributed by atoms with van der Waals surface area (Å²) in [5.41, 5.74) is 1.02. The van der Waals surface area contributed by atoms with E-state index in [9.17, 15) is 4.79 Å². The smallest absolute Gasteiger partial charge is 0.352 e. The van der Waals surface area contributed by atoms with Crippen LogP contribution in [0.5, 0.6) is 0 Å². The van der Waals surface area contributed by atoms with Gasteiger partial charge in [0.15, 0.2) is 0 Å². The normalized spacial score (nSPS) is 10.4. The minimum atomic E-state index is -0.947. The summed E-state index contributed by atoms with van der Waals surface area (Å²) < 4.78 is 3.36. The van der Waals surface area contributed by atoms with E-state index in [1.165, 1.54) is 0 Å². The van der Waals surface area contributed by atoms with E-state index >= 15 is 0 Å².